The number of aliphatic hydroxyl groups excluding tert-OH is 2. The van der Waals surface area contributed by atoms with Crippen LogP contribution in [0.5, 0.6) is 0 Å². The Kier molecular flexibility index (Phi) is 9.07. The summed E-state index contributed by atoms with van der Waals surface area (Å²) in [5.41, 5.74) is 1.25. The lowest BCUT2D eigenvalue weighted by Gasteiger charge is -2.13. The van der Waals surface area contributed by atoms with Crippen molar-refractivity contribution in [2.75, 3.05) is 0 Å². The van der Waals surface area contributed by atoms with Crippen molar-refractivity contribution in [2.45, 2.75) is 84.8 Å². The van der Waals surface area contributed by atoms with Crippen LogP contribution in [0.2, 0.25) is 0 Å². The van der Waals surface area contributed by atoms with Crippen LogP contribution in [0.3, 0.4) is 0 Å². The van der Waals surface area contributed by atoms with E-state index in [1.165, 1.54) is 10.6 Å². The Labute approximate surface area is 191 Å². The van der Waals surface area contributed by atoms with Gasteiger partial charge in [-0.2, -0.15) is 0 Å². The van der Waals surface area contributed by atoms with Gasteiger partial charge in [0.2, 0.25) is 0 Å². The molecule has 0 aliphatic heterocycles. The van der Waals surface area contributed by atoms with E-state index in [1.54, 1.807) is 33.2 Å². The second-order valence-corrected chi connectivity index (χ2v) is 8.09. The first-order valence-electron chi connectivity index (χ1n) is 11.3. The maximum Gasteiger partial charge on any atom is 0.331 e. The molecule has 12 nitrogen and oxygen atoms in total. The summed E-state index contributed by atoms with van der Waals surface area (Å²) in [6.07, 6.45) is 8.43. The van der Waals surface area contributed by atoms with Gasteiger partial charge in [-0.25, -0.2) is 4.79 Å². The van der Waals surface area contributed by atoms with Crippen LogP contribution in [0.1, 0.15) is 55.6 Å². The summed E-state index contributed by atoms with van der Waals surface area (Å²) in [6.45, 7) is 3.87. The van der Waals surface area contributed by atoms with E-state index in [4.69, 9.17) is 10.2 Å². The SMILES string of the molecule is Cc1cc(=O)n(CCCCCn2cc(CO)nn2)c(=O)n1CCCCCn1cc(CO)nn1. The highest BCUT2D eigenvalue weighted by atomic mass is 16.3. The molecule has 3 aromatic heterocycles. The van der Waals surface area contributed by atoms with Crippen molar-refractivity contribution in [3.8, 4) is 0 Å². The summed E-state index contributed by atoms with van der Waals surface area (Å²) in [5.74, 6) is 0. The Morgan fingerprint density at radius 3 is 1.70 bits per heavy atom. The van der Waals surface area contributed by atoms with Gasteiger partial charge >= 0.3 is 5.69 Å². The van der Waals surface area contributed by atoms with Crippen LogP contribution in [-0.4, -0.2) is 49.3 Å². The normalized spacial score (nSPS) is 11.4. The highest BCUT2D eigenvalue weighted by Gasteiger charge is 2.09. The average molecular weight is 461 g/mol. The van der Waals surface area contributed by atoms with E-state index >= 15 is 0 Å². The van der Waals surface area contributed by atoms with E-state index < -0.39 is 0 Å². The number of aryl methyl sites for hydroxylation is 3. The third-order valence-corrected chi connectivity index (χ3v) is 5.52. The molecule has 180 valence electrons. The number of aromatic nitrogens is 8. The summed E-state index contributed by atoms with van der Waals surface area (Å²) < 4.78 is 6.38. The minimum Gasteiger partial charge on any atom is -0.390 e. The predicted molar refractivity (Wildman–Crippen MR) is 119 cm³/mol. The molecule has 0 unspecified atom stereocenters. The molecule has 2 N–H and O–H groups in total. The fourth-order valence-electron chi connectivity index (χ4n) is 3.68. The topological polar surface area (TPSA) is 146 Å². The molecule has 33 heavy (non-hydrogen) atoms. The largest absolute Gasteiger partial charge is 0.390 e. The summed E-state index contributed by atoms with van der Waals surface area (Å²) >= 11 is 0. The van der Waals surface area contributed by atoms with E-state index in [0.717, 1.165) is 32.1 Å². The van der Waals surface area contributed by atoms with Gasteiger partial charge in [-0.1, -0.05) is 10.4 Å². The van der Waals surface area contributed by atoms with Crippen molar-refractivity contribution in [1.82, 2.24) is 39.1 Å². The predicted octanol–water partition coefficient (Wildman–Crippen LogP) is 0.227. The maximum absolute atomic E-state index is 12.9. The van der Waals surface area contributed by atoms with Crippen molar-refractivity contribution >= 4 is 0 Å². The molecule has 0 aliphatic carbocycles. The van der Waals surface area contributed by atoms with Crippen LogP contribution in [0.4, 0.5) is 0 Å². The Bertz CT molecular complexity index is 1130. The quantitative estimate of drug-likeness (QED) is 0.325. The number of rotatable bonds is 14. The van der Waals surface area contributed by atoms with Crippen LogP contribution in [-0.2, 0) is 39.4 Å². The van der Waals surface area contributed by atoms with Gasteiger partial charge in [0.25, 0.3) is 5.56 Å². The third-order valence-electron chi connectivity index (χ3n) is 5.52. The van der Waals surface area contributed by atoms with Gasteiger partial charge in [0, 0.05) is 37.9 Å². The number of unbranched alkanes of at least 4 members (excludes halogenated alkanes) is 4. The van der Waals surface area contributed by atoms with Crippen LogP contribution < -0.4 is 11.2 Å². The van der Waals surface area contributed by atoms with E-state index in [9.17, 15) is 9.59 Å². The Hall–Kier alpha value is -3.12. The van der Waals surface area contributed by atoms with Gasteiger partial charge in [0.05, 0.1) is 25.6 Å². The lowest BCUT2D eigenvalue weighted by atomic mass is 10.2. The van der Waals surface area contributed by atoms with Crippen molar-refractivity contribution in [3.63, 3.8) is 0 Å². The van der Waals surface area contributed by atoms with Crippen LogP contribution in [0, 0.1) is 6.92 Å². The van der Waals surface area contributed by atoms with E-state index in [0.29, 0.717) is 49.7 Å². The molecular weight excluding hydrogens is 428 g/mol. The van der Waals surface area contributed by atoms with Crippen LogP contribution in [0.15, 0.2) is 28.0 Å². The molecule has 0 spiro atoms. The molecule has 0 saturated heterocycles. The molecule has 0 fully saturated rings. The number of hydrogen-bond donors (Lipinski definition) is 2. The number of hydrogen-bond acceptors (Lipinski definition) is 8. The van der Waals surface area contributed by atoms with E-state index in [2.05, 4.69) is 20.6 Å². The Morgan fingerprint density at radius 2 is 1.21 bits per heavy atom. The molecule has 3 rings (SSSR count). The molecule has 3 heterocycles. The maximum atomic E-state index is 12.9. The van der Waals surface area contributed by atoms with Gasteiger partial charge in [-0.05, 0) is 45.4 Å². The first kappa shape index (κ1) is 24.5. The third kappa shape index (κ3) is 6.93. The minimum absolute atomic E-state index is 0.120. The Balaban J connectivity index is 1.45. The molecule has 3 aromatic rings. The van der Waals surface area contributed by atoms with Gasteiger partial charge in [0.15, 0.2) is 0 Å². The fourth-order valence-corrected chi connectivity index (χ4v) is 3.68. The van der Waals surface area contributed by atoms with Crippen LogP contribution in [0.25, 0.3) is 0 Å². The molecule has 0 bridgehead atoms. The monoisotopic (exact) mass is 460 g/mol. The average Bonchev–Trinajstić information content (AvgIpc) is 3.46. The lowest BCUT2D eigenvalue weighted by Crippen LogP contribution is -2.40. The highest BCUT2D eigenvalue weighted by Crippen LogP contribution is 2.04. The summed E-state index contributed by atoms with van der Waals surface area (Å²) in [5, 5.41) is 33.6. The van der Waals surface area contributed by atoms with Gasteiger partial charge in [-0.15, -0.1) is 10.2 Å². The fraction of sp³-hybridized carbons (Fsp3) is 0.619. The standard InChI is InChI=1S/C21H32N8O4/c1-17-12-20(32)29(11-7-3-5-9-27-14-19(16-31)23-25-27)21(33)28(17)10-6-2-4-8-26-13-18(15-30)22-24-26/h12-14,30-31H,2-11,15-16H2,1H3. The van der Waals surface area contributed by atoms with Crippen molar-refractivity contribution in [1.29, 1.82) is 0 Å². The van der Waals surface area contributed by atoms with Crippen molar-refractivity contribution in [3.05, 3.63) is 56.4 Å². The highest BCUT2D eigenvalue weighted by molar-refractivity contribution is 5.00. The summed E-state index contributed by atoms with van der Waals surface area (Å²) in [4.78, 5) is 25.3. The van der Waals surface area contributed by atoms with Crippen LogP contribution >= 0.6 is 0 Å². The zero-order valence-corrected chi connectivity index (χ0v) is 19.0. The summed E-state index contributed by atoms with van der Waals surface area (Å²) in [6, 6.07) is 1.53. The van der Waals surface area contributed by atoms with E-state index in [1.807, 2.05) is 0 Å². The van der Waals surface area contributed by atoms with Crippen molar-refractivity contribution in [2.24, 2.45) is 0 Å². The smallest absolute Gasteiger partial charge is 0.331 e. The molecule has 0 aliphatic rings. The van der Waals surface area contributed by atoms with Crippen molar-refractivity contribution < 1.29 is 10.2 Å². The molecular formula is C21H32N8O4. The number of aliphatic hydroxyl groups is 2. The van der Waals surface area contributed by atoms with Gasteiger partial charge < -0.3 is 10.2 Å². The van der Waals surface area contributed by atoms with Gasteiger partial charge in [0.1, 0.15) is 11.4 Å². The molecule has 0 atom stereocenters. The second-order valence-electron chi connectivity index (χ2n) is 8.09. The lowest BCUT2D eigenvalue weighted by molar-refractivity contribution is 0.276. The molecule has 0 aromatic carbocycles. The molecule has 0 radical (unpaired) electrons. The summed E-state index contributed by atoms with van der Waals surface area (Å²) in [7, 11) is 0. The first-order chi connectivity index (χ1) is 16.0. The zero-order valence-electron chi connectivity index (χ0n) is 19.0. The second kappa shape index (κ2) is 12.2. The minimum atomic E-state index is -0.261. The molecule has 12 heteroatoms. The van der Waals surface area contributed by atoms with E-state index in [-0.39, 0.29) is 24.5 Å². The Morgan fingerprint density at radius 1 is 0.727 bits per heavy atom. The van der Waals surface area contributed by atoms with Gasteiger partial charge in [-0.3, -0.25) is 23.3 Å². The first-order valence-corrected chi connectivity index (χ1v) is 11.3. The number of nitrogens with zero attached hydrogens (tertiary/aromatic N) is 8. The zero-order chi connectivity index (χ0) is 23.6. The molecule has 0 saturated carbocycles. The molecule has 0 amide bonds.